The van der Waals surface area contributed by atoms with Crippen molar-refractivity contribution < 1.29 is 13.5 Å². The van der Waals surface area contributed by atoms with Gasteiger partial charge in [-0.1, -0.05) is 5.92 Å². The summed E-state index contributed by atoms with van der Waals surface area (Å²) in [4.78, 5) is 21.6. The predicted molar refractivity (Wildman–Crippen MR) is 119 cm³/mol. The van der Waals surface area contributed by atoms with E-state index in [1.807, 2.05) is 0 Å². The number of ether oxygens (including phenoxy) is 1. The van der Waals surface area contributed by atoms with Gasteiger partial charge in [-0.05, 0) is 36.3 Å². The van der Waals surface area contributed by atoms with Gasteiger partial charge in [0.1, 0.15) is 22.3 Å². The lowest BCUT2D eigenvalue weighted by molar-refractivity contribution is 0.0797. The fourth-order valence-corrected chi connectivity index (χ4v) is 2.98. The van der Waals surface area contributed by atoms with Crippen LogP contribution < -0.4 is 16.0 Å². The number of hydrogen-bond acceptors (Lipinski definition) is 7. The maximum Gasteiger partial charge on any atom is 0.289 e. The van der Waals surface area contributed by atoms with Crippen LogP contribution in [-0.2, 0) is 0 Å². The second-order valence-corrected chi connectivity index (χ2v) is 6.73. The molecule has 0 saturated heterocycles. The van der Waals surface area contributed by atoms with Crippen molar-refractivity contribution in [2.24, 2.45) is 4.99 Å². The molecule has 0 saturated carbocycles. The molecule has 0 radical (unpaired) electrons. The van der Waals surface area contributed by atoms with E-state index in [4.69, 9.17) is 10.5 Å². The standard InChI is InChI=1S/C22H17F2N7O2/c1-26-11-13-10-15(3-5-17(13)25)31-22(32)16(4-2-14-8-9-27-29-14)21-18(30-31)6-7-20(28-21)33-12-19(23)24/h3,5-11,19H,12,25H2,1H3,(H,27,29). The minimum Gasteiger partial charge on any atom is -0.472 e. The molecule has 11 heteroatoms. The Balaban J connectivity index is 1.92. The average Bonchev–Trinajstić information content (AvgIpc) is 3.32. The molecule has 3 aromatic heterocycles. The van der Waals surface area contributed by atoms with E-state index in [0.717, 1.165) is 0 Å². The van der Waals surface area contributed by atoms with Crippen LogP contribution in [0.4, 0.5) is 14.5 Å². The quantitative estimate of drug-likeness (QED) is 0.273. The largest absolute Gasteiger partial charge is 0.472 e. The van der Waals surface area contributed by atoms with Gasteiger partial charge in [0.25, 0.3) is 12.0 Å². The molecule has 0 aliphatic heterocycles. The zero-order chi connectivity index (χ0) is 23.4. The number of pyridine rings is 1. The Bertz CT molecular complexity index is 1450. The van der Waals surface area contributed by atoms with Crippen LogP contribution in [0.3, 0.4) is 0 Å². The molecule has 0 aliphatic rings. The van der Waals surface area contributed by atoms with E-state index in [9.17, 15) is 13.6 Å². The first kappa shape index (κ1) is 21.6. The predicted octanol–water partition coefficient (Wildman–Crippen LogP) is 2.18. The van der Waals surface area contributed by atoms with Crippen LogP contribution in [0.5, 0.6) is 5.88 Å². The monoisotopic (exact) mass is 449 g/mol. The highest BCUT2D eigenvalue weighted by atomic mass is 19.3. The summed E-state index contributed by atoms with van der Waals surface area (Å²) in [6.45, 7) is -0.828. The minimum atomic E-state index is -2.67. The highest BCUT2D eigenvalue weighted by Gasteiger charge is 2.15. The molecule has 0 fully saturated rings. The Labute approximate surface area is 185 Å². The highest BCUT2D eigenvalue weighted by Crippen LogP contribution is 2.19. The van der Waals surface area contributed by atoms with Crippen molar-refractivity contribution in [2.45, 2.75) is 6.43 Å². The van der Waals surface area contributed by atoms with Crippen molar-refractivity contribution >= 4 is 22.9 Å². The lowest BCUT2D eigenvalue weighted by atomic mass is 10.1. The number of hydrogen-bond donors (Lipinski definition) is 2. The number of nitrogens with two attached hydrogens (primary N) is 1. The zero-order valence-corrected chi connectivity index (χ0v) is 17.3. The van der Waals surface area contributed by atoms with Crippen molar-refractivity contribution in [3.05, 3.63) is 69.8 Å². The molecular weight excluding hydrogens is 432 g/mol. The molecule has 0 atom stereocenters. The Hall–Kier alpha value is -4.59. The molecule has 3 N–H and O–H groups in total. The number of halogens is 2. The summed E-state index contributed by atoms with van der Waals surface area (Å²) in [5.74, 6) is 5.54. The molecule has 33 heavy (non-hydrogen) atoms. The third-order valence-corrected chi connectivity index (χ3v) is 4.46. The molecule has 0 aliphatic carbocycles. The molecule has 9 nitrogen and oxygen atoms in total. The lowest BCUT2D eigenvalue weighted by Crippen LogP contribution is -2.25. The lowest BCUT2D eigenvalue weighted by Gasteiger charge is -2.11. The number of aliphatic imine (C=N–C) groups is 1. The maximum absolute atomic E-state index is 13.4. The number of aromatic amines is 1. The highest BCUT2D eigenvalue weighted by molar-refractivity contribution is 5.88. The van der Waals surface area contributed by atoms with Gasteiger partial charge in [-0.15, -0.1) is 0 Å². The summed E-state index contributed by atoms with van der Waals surface area (Å²) in [5, 5.41) is 10.9. The second-order valence-electron chi connectivity index (χ2n) is 6.73. The Morgan fingerprint density at radius 2 is 2.12 bits per heavy atom. The van der Waals surface area contributed by atoms with Crippen molar-refractivity contribution in [1.82, 2.24) is 25.0 Å². The van der Waals surface area contributed by atoms with Gasteiger partial charge in [-0.3, -0.25) is 14.9 Å². The molecule has 4 rings (SSSR count). The Morgan fingerprint density at radius 3 is 2.85 bits per heavy atom. The van der Waals surface area contributed by atoms with Crippen molar-refractivity contribution in [1.29, 1.82) is 0 Å². The molecular formula is C22H17F2N7O2. The summed E-state index contributed by atoms with van der Waals surface area (Å²) in [7, 11) is 1.61. The van der Waals surface area contributed by atoms with Crippen molar-refractivity contribution in [2.75, 3.05) is 19.4 Å². The first-order valence-electron chi connectivity index (χ1n) is 9.64. The summed E-state index contributed by atoms with van der Waals surface area (Å²) >= 11 is 0. The van der Waals surface area contributed by atoms with Crippen molar-refractivity contribution in [3.63, 3.8) is 0 Å². The van der Waals surface area contributed by atoms with Crippen molar-refractivity contribution in [3.8, 4) is 23.4 Å². The smallest absolute Gasteiger partial charge is 0.289 e. The SMILES string of the molecule is CN=Cc1cc(-n2nc3ccc(OCC(F)F)nc3c(C#Cc3ccn[nH]3)c2=O)ccc1N. The third-order valence-electron chi connectivity index (χ3n) is 4.46. The number of rotatable bonds is 5. The van der Waals surface area contributed by atoms with E-state index >= 15 is 0 Å². The number of nitrogen functional groups attached to an aromatic ring is 1. The van der Waals surface area contributed by atoms with Crippen LogP contribution in [0.15, 0.2) is 52.4 Å². The van der Waals surface area contributed by atoms with Crippen LogP contribution >= 0.6 is 0 Å². The van der Waals surface area contributed by atoms with Gasteiger partial charge >= 0.3 is 0 Å². The molecule has 166 valence electrons. The maximum atomic E-state index is 13.4. The molecule has 0 unspecified atom stereocenters. The molecule has 0 spiro atoms. The van der Waals surface area contributed by atoms with Gasteiger partial charge in [0.15, 0.2) is 6.61 Å². The number of anilines is 1. The number of H-pyrrole nitrogens is 1. The summed E-state index contributed by atoms with van der Waals surface area (Å²) in [5.41, 5.74) is 7.88. The number of nitrogens with one attached hydrogen (secondary N) is 1. The van der Waals surface area contributed by atoms with Gasteiger partial charge < -0.3 is 10.5 Å². The number of nitrogens with zero attached hydrogens (tertiary/aromatic N) is 5. The van der Waals surface area contributed by atoms with E-state index < -0.39 is 18.6 Å². The van der Waals surface area contributed by atoms with Gasteiger partial charge in [-0.25, -0.2) is 13.8 Å². The van der Waals surface area contributed by atoms with Gasteiger partial charge in [0.05, 0.1) is 5.69 Å². The third kappa shape index (κ3) is 4.69. The minimum absolute atomic E-state index is 0.0135. The Morgan fingerprint density at radius 1 is 1.27 bits per heavy atom. The zero-order valence-electron chi connectivity index (χ0n) is 17.3. The normalized spacial score (nSPS) is 11.2. The molecule has 1 aromatic carbocycles. The van der Waals surface area contributed by atoms with Gasteiger partial charge in [0.2, 0.25) is 5.88 Å². The first-order chi connectivity index (χ1) is 16.0. The van der Waals surface area contributed by atoms with Gasteiger partial charge in [-0.2, -0.15) is 14.9 Å². The number of fused-ring (bicyclic) bond motifs is 1. The van der Waals surface area contributed by atoms with E-state index in [1.165, 1.54) is 23.0 Å². The van der Waals surface area contributed by atoms with Crippen LogP contribution in [0.2, 0.25) is 0 Å². The second kappa shape index (κ2) is 9.27. The molecule has 0 amide bonds. The first-order valence-corrected chi connectivity index (χ1v) is 9.64. The fourth-order valence-electron chi connectivity index (χ4n) is 2.98. The molecule has 4 aromatic rings. The van der Waals surface area contributed by atoms with Crippen LogP contribution in [-0.4, -0.2) is 51.3 Å². The number of alkyl halides is 2. The van der Waals surface area contributed by atoms with E-state index in [2.05, 4.69) is 37.1 Å². The summed E-state index contributed by atoms with van der Waals surface area (Å²) in [6.07, 6.45) is 0.421. The summed E-state index contributed by atoms with van der Waals surface area (Å²) < 4.78 is 31.3. The van der Waals surface area contributed by atoms with Gasteiger partial charge in [0, 0.05) is 36.8 Å². The molecule has 3 heterocycles. The van der Waals surface area contributed by atoms with Crippen LogP contribution in [0.25, 0.3) is 16.7 Å². The number of benzene rings is 1. The van der Waals surface area contributed by atoms with E-state index in [1.54, 1.807) is 37.5 Å². The van der Waals surface area contributed by atoms with Crippen LogP contribution in [0, 0.1) is 11.8 Å². The molecule has 0 bridgehead atoms. The Kier molecular flexibility index (Phi) is 6.08. The fraction of sp³-hybridized carbons (Fsp3) is 0.136. The summed E-state index contributed by atoms with van der Waals surface area (Å²) in [6, 6.07) is 9.50. The van der Waals surface area contributed by atoms with Crippen LogP contribution in [0.1, 0.15) is 16.8 Å². The number of aromatic nitrogens is 5. The average molecular weight is 449 g/mol. The van der Waals surface area contributed by atoms with E-state index in [0.29, 0.717) is 28.1 Å². The van der Waals surface area contributed by atoms with E-state index in [-0.39, 0.29) is 17.0 Å². The topological polar surface area (TPSA) is 124 Å².